The summed E-state index contributed by atoms with van der Waals surface area (Å²) in [6.07, 6.45) is 4.41. The van der Waals surface area contributed by atoms with Crippen LogP contribution in [0, 0.1) is 5.82 Å². The van der Waals surface area contributed by atoms with Gasteiger partial charge in [-0.3, -0.25) is 0 Å². The maximum atomic E-state index is 13.2. The molecule has 1 unspecified atom stereocenters. The second-order valence-corrected chi connectivity index (χ2v) is 6.71. The van der Waals surface area contributed by atoms with E-state index in [-0.39, 0.29) is 24.4 Å². The number of urea groups is 1. The Labute approximate surface area is 162 Å². The maximum Gasteiger partial charge on any atom is 0.315 e. The van der Waals surface area contributed by atoms with Gasteiger partial charge < -0.3 is 20.5 Å². The highest BCUT2D eigenvalue weighted by molar-refractivity contribution is 5.74. The van der Waals surface area contributed by atoms with Gasteiger partial charge in [0.05, 0.1) is 11.4 Å². The van der Waals surface area contributed by atoms with Crippen LogP contribution in [-0.2, 0) is 6.54 Å². The lowest BCUT2D eigenvalue weighted by atomic mass is 10.2. The molecule has 0 bridgehead atoms. The quantitative estimate of drug-likeness (QED) is 0.635. The average molecular weight is 380 g/mol. The Balaban J connectivity index is 1.30. The summed E-state index contributed by atoms with van der Waals surface area (Å²) in [7, 11) is 0. The molecule has 4 rings (SSSR count). The summed E-state index contributed by atoms with van der Waals surface area (Å²) in [6, 6.07) is 11.7. The number of H-pyrrole nitrogens is 1. The molecule has 3 heterocycles. The fourth-order valence-electron chi connectivity index (χ4n) is 3.27. The van der Waals surface area contributed by atoms with E-state index in [2.05, 4.69) is 30.5 Å². The summed E-state index contributed by atoms with van der Waals surface area (Å²) < 4.78 is 13.2. The Kier molecular flexibility index (Phi) is 5.18. The third-order valence-electron chi connectivity index (χ3n) is 4.67. The Hall–Kier alpha value is -3.42. The van der Waals surface area contributed by atoms with Crippen molar-refractivity contribution in [3.05, 3.63) is 66.2 Å². The Morgan fingerprint density at radius 1 is 1.29 bits per heavy atom. The summed E-state index contributed by atoms with van der Waals surface area (Å²) in [5.41, 5.74) is 2.49. The molecule has 0 saturated carbocycles. The number of amides is 2. The fourth-order valence-corrected chi connectivity index (χ4v) is 3.27. The van der Waals surface area contributed by atoms with Gasteiger partial charge in [0.2, 0.25) is 5.95 Å². The van der Waals surface area contributed by atoms with Crippen molar-refractivity contribution in [1.29, 1.82) is 0 Å². The fraction of sp³-hybridized carbons (Fsp3) is 0.250. The zero-order valence-electron chi connectivity index (χ0n) is 15.2. The van der Waals surface area contributed by atoms with E-state index in [1.807, 2.05) is 24.4 Å². The second kappa shape index (κ2) is 8.08. The molecule has 28 heavy (non-hydrogen) atoms. The van der Waals surface area contributed by atoms with Crippen LogP contribution >= 0.6 is 0 Å². The molecule has 144 valence electrons. The average Bonchev–Trinajstić information content (AvgIpc) is 3.39. The summed E-state index contributed by atoms with van der Waals surface area (Å²) >= 11 is 0. The highest BCUT2D eigenvalue weighted by Gasteiger charge is 2.25. The number of nitrogens with zero attached hydrogens (tertiary/aromatic N) is 3. The van der Waals surface area contributed by atoms with E-state index in [0.717, 1.165) is 29.9 Å². The van der Waals surface area contributed by atoms with Crippen molar-refractivity contribution in [2.24, 2.45) is 0 Å². The van der Waals surface area contributed by atoms with Gasteiger partial charge in [-0.15, -0.1) is 0 Å². The first-order valence-electron chi connectivity index (χ1n) is 9.18. The van der Waals surface area contributed by atoms with Crippen molar-refractivity contribution in [3.8, 4) is 11.4 Å². The predicted molar refractivity (Wildman–Crippen MR) is 104 cm³/mol. The van der Waals surface area contributed by atoms with E-state index in [4.69, 9.17) is 0 Å². The molecule has 0 radical (unpaired) electrons. The van der Waals surface area contributed by atoms with Crippen molar-refractivity contribution < 1.29 is 9.18 Å². The smallest absolute Gasteiger partial charge is 0.315 e. The second-order valence-electron chi connectivity index (χ2n) is 6.71. The van der Waals surface area contributed by atoms with Crippen LogP contribution in [0.2, 0.25) is 0 Å². The number of hydrogen-bond donors (Lipinski definition) is 3. The van der Waals surface area contributed by atoms with Gasteiger partial charge >= 0.3 is 6.03 Å². The largest absolute Gasteiger partial charge is 0.360 e. The van der Waals surface area contributed by atoms with E-state index in [1.54, 1.807) is 18.3 Å². The van der Waals surface area contributed by atoms with E-state index in [0.29, 0.717) is 12.5 Å². The van der Waals surface area contributed by atoms with E-state index in [1.165, 1.54) is 12.1 Å². The minimum Gasteiger partial charge on any atom is -0.360 e. The number of hydrogen-bond acceptors (Lipinski definition) is 4. The molecule has 0 spiro atoms. The first kappa shape index (κ1) is 18.0. The van der Waals surface area contributed by atoms with Crippen LogP contribution in [-0.4, -0.2) is 40.1 Å². The Morgan fingerprint density at radius 2 is 2.21 bits per heavy atom. The van der Waals surface area contributed by atoms with Crippen LogP contribution in [0.25, 0.3) is 11.4 Å². The molecular formula is C20H21FN6O. The van der Waals surface area contributed by atoms with Gasteiger partial charge in [-0.25, -0.2) is 19.2 Å². The molecule has 0 aliphatic carbocycles. The summed E-state index contributed by atoms with van der Waals surface area (Å²) in [4.78, 5) is 26.3. The van der Waals surface area contributed by atoms with Gasteiger partial charge in [0, 0.05) is 38.1 Å². The highest BCUT2D eigenvalue weighted by atomic mass is 19.1. The van der Waals surface area contributed by atoms with Crippen LogP contribution in [0.3, 0.4) is 0 Å². The lowest BCUT2D eigenvalue weighted by molar-refractivity contribution is 0.237. The molecule has 2 aromatic heterocycles. The minimum atomic E-state index is -0.312. The van der Waals surface area contributed by atoms with Gasteiger partial charge in [-0.1, -0.05) is 12.1 Å². The molecule has 2 amide bonds. The van der Waals surface area contributed by atoms with Crippen LogP contribution in [0.5, 0.6) is 0 Å². The number of benzene rings is 1. The molecule has 3 N–H and O–H groups in total. The monoisotopic (exact) mass is 380 g/mol. The van der Waals surface area contributed by atoms with E-state index >= 15 is 0 Å². The van der Waals surface area contributed by atoms with Gasteiger partial charge in [-0.2, -0.15) is 0 Å². The SMILES string of the molecule is O=C(NCc1cccc(F)c1)NC1CCN(c2nccc(-c3ccc[nH]3)n2)C1. The summed E-state index contributed by atoms with van der Waals surface area (Å²) in [6.45, 7) is 1.69. The number of aromatic amines is 1. The molecule has 1 aliphatic rings. The van der Waals surface area contributed by atoms with Crippen molar-refractivity contribution in [3.63, 3.8) is 0 Å². The van der Waals surface area contributed by atoms with Crippen LogP contribution in [0.1, 0.15) is 12.0 Å². The number of rotatable bonds is 5. The molecule has 1 aromatic carbocycles. The molecule has 7 nitrogen and oxygen atoms in total. The van der Waals surface area contributed by atoms with Crippen molar-refractivity contribution >= 4 is 12.0 Å². The molecule has 1 saturated heterocycles. The van der Waals surface area contributed by atoms with Crippen molar-refractivity contribution in [2.75, 3.05) is 18.0 Å². The number of halogens is 1. The number of nitrogens with one attached hydrogen (secondary N) is 3. The van der Waals surface area contributed by atoms with Gasteiger partial charge in [0.15, 0.2) is 0 Å². The summed E-state index contributed by atoms with van der Waals surface area (Å²) in [5.74, 6) is 0.337. The molecule has 1 aliphatic heterocycles. The predicted octanol–water partition coefficient (Wildman–Crippen LogP) is 2.69. The van der Waals surface area contributed by atoms with Crippen LogP contribution in [0.4, 0.5) is 15.1 Å². The van der Waals surface area contributed by atoms with Crippen molar-refractivity contribution in [2.45, 2.75) is 19.0 Å². The topological polar surface area (TPSA) is 85.9 Å². The Morgan fingerprint density at radius 3 is 3.04 bits per heavy atom. The highest BCUT2D eigenvalue weighted by Crippen LogP contribution is 2.20. The van der Waals surface area contributed by atoms with Gasteiger partial charge in [0.25, 0.3) is 0 Å². The maximum absolute atomic E-state index is 13.2. The van der Waals surface area contributed by atoms with Gasteiger partial charge in [0.1, 0.15) is 5.82 Å². The zero-order valence-corrected chi connectivity index (χ0v) is 15.2. The Bertz CT molecular complexity index is 945. The number of carbonyl (C=O) groups is 1. The molecule has 8 heteroatoms. The standard InChI is InChI=1S/C20H21FN6O/c21-15-4-1-3-14(11-15)12-24-20(28)25-16-7-10-27(13-16)19-23-9-6-18(26-19)17-5-2-8-22-17/h1-6,8-9,11,16,22H,7,10,12-13H2,(H2,24,25,28). The lowest BCUT2D eigenvalue weighted by Crippen LogP contribution is -2.43. The first-order chi connectivity index (χ1) is 13.7. The number of carbonyl (C=O) groups excluding carboxylic acids is 1. The zero-order chi connectivity index (χ0) is 19.3. The third-order valence-corrected chi connectivity index (χ3v) is 4.67. The molecule has 1 atom stereocenters. The van der Waals surface area contributed by atoms with Crippen LogP contribution < -0.4 is 15.5 Å². The van der Waals surface area contributed by atoms with Crippen LogP contribution in [0.15, 0.2) is 54.9 Å². The van der Waals surface area contributed by atoms with E-state index in [9.17, 15) is 9.18 Å². The molecule has 1 fully saturated rings. The lowest BCUT2D eigenvalue weighted by Gasteiger charge is -2.17. The molecule has 3 aromatic rings. The van der Waals surface area contributed by atoms with E-state index < -0.39 is 0 Å². The first-order valence-corrected chi connectivity index (χ1v) is 9.18. The summed E-state index contributed by atoms with van der Waals surface area (Å²) in [5, 5.41) is 5.72. The normalized spacial score (nSPS) is 16.2. The van der Waals surface area contributed by atoms with Crippen molar-refractivity contribution in [1.82, 2.24) is 25.6 Å². The molecular weight excluding hydrogens is 359 g/mol. The third kappa shape index (κ3) is 4.28. The van der Waals surface area contributed by atoms with Gasteiger partial charge in [-0.05, 0) is 42.3 Å². The minimum absolute atomic E-state index is 0.00486. The number of aromatic nitrogens is 3. The number of anilines is 1.